The number of aromatic nitrogens is 1. The van der Waals surface area contributed by atoms with Crippen LogP contribution in [-0.4, -0.2) is 39.8 Å². The van der Waals surface area contributed by atoms with Crippen molar-refractivity contribution in [3.8, 4) is 0 Å². The Morgan fingerprint density at radius 3 is 3.00 bits per heavy atom. The first-order valence-electron chi connectivity index (χ1n) is 5.97. The van der Waals surface area contributed by atoms with E-state index in [9.17, 15) is 14.9 Å². The Hall–Kier alpha value is -1.89. The third-order valence-electron chi connectivity index (χ3n) is 3.27. The molecule has 18 heavy (non-hydrogen) atoms. The van der Waals surface area contributed by atoms with Gasteiger partial charge in [0.05, 0.1) is 11.1 Å². The second-order valence-corrected chi connectivity index (χ2v) is 4.41. The molecule has 1 fully saturated rings. The number of nitro groups is 1. The quantitative estimate of drug-likeness (QED) is 0.615. The van der Waals surface area contributed by atoms with E-state index in [1.807, 2.05) is 0 Å². The zero-order chi connectivity index (χ0) is 13.1. The molecule has 1 aliphatic heterocycles. The van der Waals surface area contributed by atoms with E-state index in [-0.39, 0.29) is 23.3 Å². The van der Waals surface area contributed by atoms with Gasteiger partial charge < -0.3 is 15.6 Å². The Morgan fingerprint density at radius 2 is 2.39 bits per heavy atom. The molecule has 1 unspecified atom stereocenters. The number of carbonyl (C=O) groups excluding carboxylic acids is 1. The van der Waals surface area contributed by atoms with Gasteiger partial charge in [-0.3, -0.25) is 14.9 Å². The molecule has 0 aromatic carbocycles. The van der Waals surface area contributed by atoms with Crippen molar-refractivity contribution in [2.45, 2.75) is 25.3 Å². The first-order chi connectivity index (χ1) is 8.63. The minimum absolute atomic E-state index is 0.0357. The number of likely N-dealkylation sites (tertiary alicyclic amines) is 1. The highest BCUT2D eigenvalue weighted by molar-refractivity contribution is 5.93. The Kier molecular flexibility index (Phi) is 3.61. The zero-order valence-electron chi connectivity index (χ0n) is 9.96. The molecule has 2 rings (SSSR count). The number of hydrogen-bond acceptors (Lipinski definition) is 4. The summed E-state index contributed by atoms with van der Waals surface area (Å²) in [5.41, 5.74) is 5.80. The van der Waals surface area contributed by atoms with Gasteiger partial charge in [-0.15, -0.1) is 0 Å². The first kappa shape index (κ1) is 12.6. The lowest BCUT2D eigenvalue weighted by Gasteiger charge is -2.34. The average molecular weight is 252 g/mol. The van der Waals surface area contributed by atoms with Crippen molar-refractivity contribution in [3.05, 3.63) is 28.1 Å². The van der Waals surface area contributed by atoms with Crippen LogP contribution in [0.5, 0.6) is 0 Å². The van der Waals surface area contributed by atoms with E-state index in [2.05, 4.69) is 4.98 Å². The molecule has 7 nitrogen and oxygen atoms in total. The normalized spacial score (nSPS) is 19.8. The maximum Gasteiger partial charge on any atom is 0.287 e. The number of nitrogens with one attached hydrogen (secondary N) is 1. The smallest absolute Gasteiger partial charge is 0.287 e. The molecule has 0 radical (unpaired) electrons. The summed E-state index contributed by atoms with van der Waals surface area (Å²) in [7, 11) is 0. The fourth-order valence-electron chi connectivity index (χ4n) is 2.28. The van der Waals surface area contributed by atoms with Gasteiger partial charge in [-0.05, 0) is 19.3 Å². The summed E-state index contributed by atoms with van der Waals surface area (Å²) in [6, 6.07) is 1.30. The SMILES string of the molecule is NCC1CCCCN1C(=O)c1cc([N+](=O)[O-])c[nH]1. The van der Waals surface area contributed by atoms with E-state index in [1.165, 1.54) is 12.3 Å². The number of carbonyl (C=O) groups is 1. The van der Waals surface area contributed by atoms with Crippen LogP contribution in [0.1, 0.15) is 29.8 Å². The molecule has 0 saturated carbocycles. The fourth-order valence-corrected chi connectivity index (χ4v) is 2.28. The van der Waals surface area contributed by atoms with Crippen LogP contribution in [0, 0.1) is 10.1 Å². The van der Waals surface area contributed by atoms with E-state index in [4.69, 9.17) is 5.73 Å². The third kappa shape index (κ3) is 2.35. The Bertz CT molecular complexity index is 457. The minimum atomic E-state index is -0.524. The molecule has 7 heteroatoms. The second-order valence-electron chi connectivity index (χ2n) is 4.41. The lowest BCUT2D eigenvalue weighted by atomic mass is 10.0. The fraction of sp³-hybridized carbons (Fsp3) is 0.545. The van der Waals surface area contributed by atoms with Crippen molar-refractivity contribution < 1.29 is 9.72 Å². The van der Waals surface area contributed by atoms with Crippen molar-refractivity contribution in [3.63, 3.8) is 0 Å². The highest BCUT2D eigenvalue weighted by Gasteiger charge is 2.28. The van der Waals surface area contributed by atoms with Gasteiger partial charge in [0.1, 0.15) is 5.69 Å². The number of rotatable bonds is 3. The van der Waals surface area contributed by atoms with Gasteiger partial charge in [-0.25, -0.2) is 0 Å². The molecule has 98 valence electrons. The number of aromatic amines is 1. The van der Waals surface area contributed by atoms with Crippen LogP contribution in [0.2, 0.25) is 0 Å². The van der Waals surface area contributed by atoms with E-state index >= 15 is 0 Å². The Morgan fingerprint density at radius 1 is 1.61 bits per heavy atom. The lowest BCUT2D eigenvalue weighted by molar-refractivity contribution is -0.384. The number of amides is 1. The van der Waals surface area contributed by atoms with Gasteiger partial charge in [0.2, 0.25) is 0 Å². The number of H-pyrrole nitrogens is 1. The molecule has 1 atom stereocenters. The molecule has 0 aliphatic carbocycles. The predicted molar refractivity (Wildman–Crippen MR) is 65.2 cm³/mol. The van der Waals surface area contributed by atoms with E-state index in [0.29, 0.717) is 13.1 Å². The number of nitrogens with two attached hydrogens (primary N) is 1. The summed E-state index contributed by atoms with van der Waals surface area (Å²) in [5, 5.41) is 10.6. The number of nitrogens with zero attached hydrogens (tertiary/aromatic N) is 2. The summed E-state index contributed by atoms with van der Waals surface area (Å²) < 4.78 is 0. The summed E-state index contributed by atoms with van der Waals surface area (Å²) in [6.07, 6.45) is 4.14. The maximum absolute atomic E-state index is 12.2. The summed E-state index contributed by atoms with van der Waals surface area (Å²) in [6.45, 7) is 1.09. The molecule has 0 spiro atoms. The van der Waals surface area contributed by atoms with Gasteiger partial charge >= 0.3 is 0 Å². The molecular formula is C11H16N4O3. The van der Waals surface area contributed by atoms with E-state index in [1.54, 1.807) is 4.90 Å². The van der Waals surface area contributed by atoms with Gasteiger partial charge in [-0.1, -0.05) is 0 Å². The highest BCUT2D eigenvalue weighted by atomic mass is 16.6. The molecule has 0 bridgehead atoms. The van der Waals surface area contributed by atoms with Crippen molar-refractivity contribution in [2.75, 3.05) is 13.1 Å². The minimum Gasteiger partial charge on any atom is -0.351 e. The van der Waals surface area contributed by atoms with Crippen LogP contribution in [0.15, 0.2) is 12.3 Å². The van der Waals surface area contributed by atoms with Gasteiger partial charge in [-0.2, -0.15) is 0 Å². The molecule has 1 amide bonds. The van der Waals surface area contributed by atoms with Crippen LogP contribution >= 0.6 is 0 Å². The molecule has 3 N–H and O–H groups in total. The largest absolute Gasteiger partial charge is 0.351 e. The van der Waals surface area contributed by atoms with Gasteiger partial charge in [0.25, 0.3) is 11.6 Å². The number of piperidine rings is 1. The van der Waals surface area contributed by atoms with Crippen LogP contribution in [0.4, 0.5) is 5.69 Å². The van der Waals surface area contributed by atoms with Gasteiger partial charge in [0, 0.05) is 25.2 Å². The van der Waals surface area contributed by atoms with E-state index in [0.717, 1.165) is 19.3 Å². The summed E-state index contributed by atoms with van der Waals surface area (Å²) in [5.74, 6) is -0.210. The lowest BCUT2D eigenvalue weighted by Crippen LogP contribution is -2.47. The average Bonchev–Trinajstić information content (AvgIpc) is 2.87. The van der Waals surface area contributed by atoms with Crippen molar-refractivity contribution in [1.82, 2.24) is 9.88 Å². The van der Waals surface area contributed by atoms with Crippen molar-refractivity contribution >= 4 is 11.6 Å². The molecule has 1 aliphatic rings. The van der Waals surface area contributed by atoms with Crippen molar-refractivity contribution in [1.29, 1.82) is 0 Å². The summed E-state index contributed by atoms with van der Waals surface area (Å²) >= 11 is 0. The van der Waals surface area contributed by atoms with Crippen molar-refractivity contribution in [2.24, 2.45) is 5.73 Å². The summed E-state index contributed by atoms with van der Waals surface area (Å²) in [4.78, 5) is 26.6. The molecule has 2 heterocycles. The standard InChI is InChI=1S/C11H16N4O3/c12-6-8-3-1-2-4-14(8)11(16)10-5-9(7-13-10)15(17)18/h5,7-8,13H,1-4,6,12H2. The molecular weight excluding hydrogens is 236 g/mol. The molecule has 1 aromatic rings. The zero-order valence-corrected chi connectivity index (χ0v) is 9.96. The predicted octanol–water partition coefficient (Wildman–Crippen LogP) is 0.876. The van der Waals surface area contributed by atoms with Crippen LogP contribution in [-0.2, 0) is 0 Å². The molecule has 1 aromatic heterocycles. The Balaban J connectivity index is 2.15. The van der Waals surface area contributed by atoms with Gasteiger partial charge in [0.15, 0.2) is 0 Å². The first-order valence-corrected chi connectivity index (χ1v) is 5.97. The Labute approximate surface area is 104 Å². The number of hydrogen-bond donors (Lipinski definition) is 2. The molecule has 1 saturated heterocycles. The third-order valence-corrected chi connectivity index (χ3v) is 3.27. The van der Waals surface area contributed by atoms with Crippen LogP contribution in [0.3, 0.4) is 0 Å². The monoisotopic (exact) mass is 252 g/mol. The maximum atomic E-state index is 12.2. The van der Waals surface area contributed by atoms with Crippen LogP contribution < -0.4 is 5.73 Å². The van der Waals surface area contributed by atoms with E-state index < -0.39 is 4.92 Å². The topological polar surface area (TPSA) is 105 Å². The van der Waals surface area contributed by atoms with Crippen LogP contribution in [0.25, 0.3) is 0 Å². The highest BCUT2D eigenvalue weighted by Crippen LogP contribution is 2.20. The second kappa shape index (κ2) is 5.18.